The molecule has 0 aromatic heterocycles. The Balaban J connectivity index is 2.91. The molecule has 17 heteroatoms. The predicted octanol–water partition coefficient (Wildman–Crippen LogP) is 0.133. The van der Waals surface area contributed by atoms with Gasteiger partial charge in [-0.05, 0) is 0 Å². The summed E-state index contributed by atoms with van der Waals surface area (Å²) in [6.07, 6.45) is -2.05. The molecule has 204 valence electrons. The Morgan fingerprint density at radius 3 is 1.34 bits per heavy atom. The second-order valence-electron chi connectivity index (χ2n) is 8.58. The summed E-state index contributed by atoms with van der Waals surface area (Å²) < 4.78 is 25.1. The second-order valence-corrected chi connectivity index (χ2v) is 15.2. The zero-order valence-corrected chi connectivity index (χ0v) is 22.2. The van der Waals surface area contributed by atoms with E-state index in [4.69, 9.17) is 15.3 Å². The normalized spacial score (nSPS) is 21.1. The Hall–Kier alpha value is -0.940. The molecular formula is C18H36N3O11P3. The molecular weight excluding hydrogens is 527 g/mol. The van der Waals surface area contributed by atoms with Gasteiger partial charge in [0.15, 0.2) is 0 Å². The van der Waals surface area contributed by atoms with Crippen LogP contribution in [0.25, 0.3) is 0 Å². The molecule has 0 amide bonds. The van der Waals surface area contributed by atoms with Crippen LogP contribution in [0.4, 0.5) is 0 Å². The lowest BCUT2D eigenvalue weighted by molar-refractivity contribution is -0.137. The average Bonchev–Trinajstić information content (AvgIpc) is 2.81. The fraction of sp³-hybridized carbons (Fsp3) is 0.833. The van der Waals surface area contributed by atoms with Crippen molar-refractivity contribution < 1.29 is 53.5 Å². The van der Waals surface area contributed by atoms with Crippen molar-refractivity contribution in [1.82, 2.24) is 14.7 Å². The van der Waals surface area contributed by atoms with Crippen LogP contribution in [0.15, 0.2) is 0 Å². The Morgan fingerprint density at radius 1 is 0.657 bits per heavy atom. The van der Waals surface area contributed by atoms with Crippen LogP contribution in [0.1, 0.15) is 19.3 Å². The Kier molecular flexibility index (Phi) is 14.1. The molecule has 35 heavy (non-hydrogen) atoms. The zero-order valence-electron chi connectivity index (χ0n) is 19.5. The molecule has 6 N–H and O–H groups in total. The van der Waals surface area contributed by atoms with E-state index in [1.165, 1.54) is 0 Å². The number of carboxylic acids is 3. The number of rotatable bonds is 15. The van der Waals surface area contributed by atoms with E-state index in [0.717, 1.165) is 0 Å². The first-order valence-electron chi connectivity index (χ1n) is 11.1. The average molecular weight is 563 g/mol. The van der Waals surface area contributed by atoms with Crippen LogP contribution in [-0.4, -0.2) is 139 Å². The lowest BCUT2D eigenvalue weighted by Crippen LogP contribution is -2.37. The summed E-state index contributed by atoms with van der Waals surface area (Å²) >= 11 is 0. The van der Waals surface area contributed by atoms with Crippen LogP contribution in [-0.2, 0) is 23.5 Å². The number of nitrogens with zero attached hydrogens (tertiary/aromatic N) is 3. The fourth-order valence-electron chi connectivity index (χ4n) is 3.44. The summed E-state index contributed by atoms with van der Waals surface area (Å²) in [5, 5.41) is 26.5. The summed E-state index contributed by atoms with van der Waals surface area (Å²) in [5.41, 5.74) is 0. The summed E-state index contributed by atoms with van der Waals surface area (Å²) in [6.45, 7) is 1.94. The molecule has 0 bridgehead atoms. The van der Waals surface area contributed by atoms with Gasteiger partial charge in [0.1, 0.15) is 0 Å². The number of hydrogen-bond donors (Lipinski definition) is 6. The quantitative estimate of drug-likeness (QED) is 0.146. The highest BCUT2D eigenvalue weighted by Gasteiger charge is 2.28. The fourth-order valence-corrected chi connectivity index (χ4v) is 7.96. The van der Waals surface area contributed by atoms with E-state index < -0.39 is 53.6 Å². The third-order valence-corrected chi connectivity index (χ3v) is 10.3. The third-order valence-electron chi connectivity index (χ3n) is 5.34. The van der Waals surface area contributed by atoms with Crippen LogP contribution >= 0.6 is 22.9 Å². The molecule has 14 nitrogen and oxygen atoms in total. The van der Waals surface area contributed by atoms with Crippen molar-refractivity contribution in [1.29, 1.82) is 0 Å². The maximum Gasteiger partial charge on any atom is 0.303 e. The molecule has 0 saturated carbocycles. The van der Waals surface area contributed by atoms with E-state index in [1.807, 2.05) is 4.90 Å². The molecule has 1 fully saturated rings. The molecule has 1 aliphatic rings. The van der Waals surface area contributed by atoms with Crippen molar-refractivity contribution in [2.24, 2.45) is 0 Å². The molecule has 1 heterocycles. The summed E-state index contributed by atoms with van der Waals surface area (Å²) in [7, 11) is -9.18. The Labute approximate surface area is 205 Å². The molecule has 0 aliphatic carbocycles. The first-order chi connectivity index (χ1) is 16.2. The number of aliphatic carboxylic acids is 3. The van der Waals surface area contributed by atoms with Crippen molar-refractivity contribution in [2.75, 3.05) is 76.6 Å². The molecule has 0 aromatic rings. The highest BCUT2D eigenvalue weighted by molar-refractivity contribution is 7.58. The van der Waals surface area contributed by atoms with Gasteiger partial charge in [0.25, 0.3) is 0 Å². The molecule has 0 spiro atoms. The van der Waals surface area contributed by atoms with Crippen molar-refractivity contribution in [2.45, 2.75) is 19.3 Å². The van der Waals surface area contributed by atoms with Crippen LogP contribution in [0, 0.1) is 0 Å². The minimum atomic E-state index is -3.79. The van der Waals surface area contributed by atoms with Crippen molar-refractivity contribution in [3.05, 3.63) is 0 Å². The van der Waals surface area contributed by atoms with Crippen molar-refractivity contribution >= 4 is 40.8 Å². The van der Waals surface area contributed by atoms with Gasteiger partial charge in [0, 0.05) is 72.2 Å². The topological polar surface area (TPSA) is 216 Å². The van der Waals surface area contributed by atoms with Crippen LogP contribution in [0.2, 0.25) is 0 Å². The first-order valence-corrected chi connectivity index (χ1v) is 16.8. The van der Waals surface area contributed by atoms with Gasteiger partial charge in [0.2, 0.25) is 14.7 Å². The van der Waals surface area contributed by atoms with E-state index in [9.17, 15) is 38.2 Å². The molecule has 1 rings (SSSR count). The van der Waals surface area contributed by atoms with Crippen molar-refractivity contribution in [3.63, 3.8) is 0 Å². The van der Waals surface area contributed by atoms with E-state index in [2.05, 4.69) is 0 Å². The molecule has 0 radical (unpaired) electrons. The summed E-state index contributed by atoms with van der Waals surface area (Å²) in [4.78, 5) is 68.3. The maximum absolute atomic E-state index is 12.5. The SMILES string of the molecule is O=C(O)CCP(O)CN1CCN(CP(=O)(O)CCC(=O)O)CCN(CP(=O)(O)CCC(=O)O)CC1. The minimum Gasteiger partial charge on any atom is -0.481 e. The summed E-state index contributed by atoms with van der Waals surface area (Å²) in [5.74, 6) is -3.38. The van der Waals surface area contributed by atoms with Gasteiger partial charge in [-0.15, -0.1) is 0 Å². The zero-order chi connectivity index (χ0) is 26.6. The van der Waals surface area contributed by atoms with Gasteiger partial charge < -0.3 is 30.0 Å². The number of hydrogen-bond acceptors (Lipinski definition) is 9. The van der Waals surface area contributed by atoms with E-state index >= 15 is 0 Å². The van der Waals surface area contributed by atoms with Gasteiger partial charge in [0.05, 0.1) is 31.8 Å². The van der Waals surface area contributed by atoms with Gasteiger partial charge in [-0.1, -0.05) is 0 Å². The molecule has 1 aliphatic heterocycles. The van der Waals surface area contributed by atoms with Gasteiger partial charge in [-0.25, -0.2) is 0 Å². The largest absolute Gasteiger partial charge is 0.481 e. The molecule has 3 atom stereocenters. The van der Waals surface area contributed by atoms with Gasteiger partial charge in [-0.2, -0.15) is 0 Å². The number of carboxylic acid groups (broad SMARTS) is 3. The van der Waals surface area contributed by atoms with Crippen LogP contribution in [0.5, 0.6) is 0 Å². The van der Waals surface area contributed by atoms with Crippen LogP contribution < -0.4 is 0 Å². The standard InChI is InChI=1S/C18H36N3O11P3/c22-16(23)1-10-33(28)13-19-4-6-20(14-34(29,30)11-2-17(24)25)8-9-21(7-5-19)15-35(31,32)12-3-18(26)27/h28H,1-15H2,(H,22,23)(H,24,25)(H,26,27)(H,29,30)(H,31,32). The van der Waals surface area contributed by atoms with E-state index in [0.29, 0.717) is 26.2 Å². The van der Waals surface area contributed by atoms with Crippen LogP contribution in [0.3, 0.4) is 0 Å². The second kappa shape index (κ2) is 15.3. The smallest absolute Gasteiger partial charge is 0.303 e. The van der Waals surface area contributed by atoms with E-state index in [-0.39, 0.29) is 56.9 Å². The number of carbonyl (C=O) groups is 3. The lowest BCUT2D eigenvalue weighted by Gasteiger charge is -2.28. The first kappa shape index (κ1) is 32.1. The summed E-state index contributed by atoms with van der Waals surface area (Å²) in [6, 6.07) is 0. The minimum absolute atomic E-state index is 0.108. The highest BCUT2D eigenvalue weighted by Crippen LogP contribution is 2.43. The Morgan fingerprint density at radius 2 is 1.00 bits per heavy atom. The highest BCUT2D eigenvalue weighted by atomic mass is 31.2. The predicted molar refractivity (Wildman–Crippen MR) is 129 cm³/mol. The van der Waals surface area contributed by atoms with Gasteiger partial charge in [-0.3, -0.25) is 38.2 Å². The monoisotopic (exact) mass is 563 g/mol. The van der Waals surface area contributed by atoms with Crippen molar-refractivity contribution in [3.8, 4) is 0 Å². The van der Waals surface area contributed by atoms with Gasteiger partial charge >= 0.3 is 17.9 Å². The molecule has 0 aromatic carbocycles. The van der Waals surface area contributed by atoms with E-state index in [1.54, 1.807) is 9.80 Å². The lowest BCUT2D eigenvalue weighted by atomic mass is 10.5. The maximum atomic E-state index is 12.5. The molecule has 3 unspecified atom stereocenters. The Bertz CT molecular complexity index is 764. The third kappa shape index (κ3) is 15.7. The molecule has 1 saturated heterocycles.